The lowest BCUT2D eigenvalue weighted by atomic mass is 9.62. The van der Waals surface area contributed by atoms with Gasteiger partial charge in [-0.05, 0) is 91.1 Å². The Morgan fingerprint density at radius 3 is 2.33 bits per heavy atom. The lowest BCUT2D eigenvalue weighted by molar-refractivity contribution is -0.197. The Morgan fingerprint density at radius 1 is 1.00 bits per heavy atom. The van der Waals surface area contributed by atoms with Crippen LogP contribution in [-0.2, 0) is 25.5 Å². The third-order valence-electron chi connectivity index (χ3n) is 11.3. The van der Waals surface area contributed by atoms with Crippen molar-refractivity contribution in [1.82, 2.24) is 5.06 Å². The van der Waals surface area contributed by atoms with Crippen LogP contribution in [0.2, 0.25) is 18.1 Å². The fraction of sp³-hybridized carbons (Fsp3) is 0.684. The Bertz CT molecular complexity index is 1220. The van der Waals surface area contributed by atoms with Gasteiger partial charge in [0.2, 0.25) is 0 Å². The van der Waals surface area contributed by atoms with E-state index in [2.05, 4.69) is 72.0 Å². The molecule has 0 spiro atoms. The minimum absolute atomic E-state index is 0.00758. The Morgan fingerprint density at radius 2 is 1.72 bits per heavy atom. The van der Waals surface area contributed by atoms with Crippen LogP contribution < -0.4 is 4.74 Å². The van der Waals surface area contributed by atoms with Crippen molar-refractivity contribution in [3.63, 3.8) is 0 Å². The van der Waals surface area contributed by atoms with E-state index in [0.717, 1.165) is 43.4 Å². The number of hydroxylamine groups is 2. The second-order valence-electron chi connectivity index (χ2n) is 15.7. The van der Waals surface area contributed by atoms with Crippen molar-refractivity contribution < 1.29 is 28.7 Å². The van der Waals surface area contributed by atoms with Crippen LogP contribution in [0.4, 0.5) is 0 Å². The molecule has 0 radical (unpaired) electrons. The molecule has 1 N–H and O–H groups in total. The first-order chi connectivity index (χ1) is 21.7. The van der Waals surface area contributed by atoms with E-state index in [1.807, 2.05) is 24.3 Å². The quantitative estimate of drug-likeness (QED) is 0.101. The molecule has 7 nitrogen and oxygen atoms in total. The Labute approximate surface area is 278 Å². The van der Waals surface area contributed by atoms with Gasteiger partial charge < -0.3 is 14.3 Å². The SMILES string of the molecule is COc1ccc(CON(C[C@@H](CO)[C@H]2C=C[C@H](O[Si](C)(C)C(C)(C)C)CC2)C(=O)CC(=O)[C@@H]2[C@H]3CC[C@H](C)C[C@@H]3C=C[C@@H]2C)cc1. The van der Waals surface area contributed by atoms with E-state index >= 15 is 0 Å². The highest BCUT2D eigenvalue weighted by molar-refractivity contribution is 6.74. The van der Waals surface area contributed by atoms with Crippen LogP contribution in [-0.4, -0.2) is 56.5 Å². The summed E-state index contributed by atoms with van der Waals surface area (Å²) in [6.07, 6.45) is 13.7. The number of fused-ring (bicyclic) bond motifs is 1. The normalized spacial score (nSPS) is 28.8. The second-order valence-corrected chi connectivity index (χ2v) is 20.5. The summed E-state index contributed by atoms with van der Waals surface area (Å²) in [5.74, 6) is 1.60. The van der Waals surface area contributed by atoms with Crippen molar-refractivity contribution in [2.75, 3.05) is 20.3 Å². The van der Waals surface area contributed by atoms with Gasteiger partial charge in [0.15, 0.2) is 8.32 Å². The van der Waals surface area contributed by atoms with Crippen LogP contribution in [0.15, 0.2) is 48.6 Å². The number of nitrogens with zero attached hydrogens (tertiary/aromatic N) is 1. The molecule has 256 valence electrons. The maximum Gasteiger partial charge on any atom is 0.253 e. The van der Waals surface area contributed by atoms with Crippen LogP contribution in [0.25, 0.3) is 0 Å². The van der Waals surface area contributed by atoms with Gasteiger partial charge in [0.25, 0.3) is 5.91 Å². The van der Waals surface area contributed by atoms with E-state index in [-0.39, 0.29) is 72.7 Å². The number of carbonyl (C=O) groups is 2. The van der Waals surface area contributed by atoms with E-state index in [1.54, 1.807) is 7.11 Å². The molecule has 0 unspecified atom stereocenters. The van der Waals surface area contributed by atoms with Gasteiger partial charge >= 0.3 is 0 Å². The van der Waals surface area contributed by atoms with Gasteiger partial charge in [0, 0.05) is 18.4 Å². The van der Waals surface area contributed by atoms with Crippen LogP contribution in [0.3, 0.4) is 0 Å². The third kappa shape index (κ3) is 9.21. The minimum atomic E-state index is -1.91. The van der Waals surface area contributed by atoms with E-state index < -0.39 is 8.32 Å². The molecule has 8 atom stereocenters. The molecule has 8 heteroatoms. The zero-order valence-electron chi connectivity index (χ0n) is 29.5. The zero-order valence-corrected chi connectivity index (χ0v) is 30.5. The van der Waals surface area contributed by atoms with Crippen molar-refractivity contribution in [2.45, 2.75) is 104 Å². The smallest absolute Gasteiger partial charge is 0.253 e. The molecule has 1 amide bonds. The van der Waals surface area contributed by atoms with Crippen LogP contribution in [0.1, 0.15) is 78.7 Å². The van der Waals surface area contributed by atoms with Gasteiger partial charge in [-0.2, -0.15) is 0 Å². The molecular formula is C38H59NO6Si. The Kier molecular flexibility index (Phi) is 12.5. The molecule has 0 bridgehead atoms. The van der Waals surface area contributed by atoms with E-state index in [9.17, 15) is 14.7 Å². The number of Topliss-reactive ketones (excluding diaryl/α,β-unsaturated/α-hetero) is 1. The van der Waals surface area contributed by atoms with Crippen molar-refractivity contribution >= 4 is 20.0 Å². The molecule has 1 aromatic carbocycles. The number of ketones is 1. The second kappa shape index (κ2) is 15.8. The highest BCUT2D eigenvalue weighted by atomic mass is 28.4. The highest BCUT2D eigenvalue weighted by Crippen LogP contribution is 2.45. The predicted molar refractivity (Wildman–Crippen MR) is 185 cm³/mol. The lowest BCUT2D eigenvalue weighted by Gasteiger charge is -2.42. The number of aliphatic hydroxyl groups excluding tert-OH is 1. The van der Waals surface area contributed by atoms with E-state index in [1.165, 1.54) is 5.06 Å². The summed E-state index contributed by atoms with van der Waals surface area (Å²) in [4.78, 5) is 33.9. The number of amides is 1. The highest BCUT2D eigenvalue weighted by Gasteiger charge is 2.42. The number of aliphatic hydroxyl groups is 1. The van der Waals surface area contributed by atoms with Gasteiger partial charge in [-0.1, -0.05) is 77.5 Å². The van der Waals surface area contributed by atoms with Gasteiger partial charge in [0.1, 0.15) is 18.1 Å². The van der Waals surface area contributed by atoms with Crippen molar-refractivity contribution in [1.29, 1.82) is 0 Å². The maximum atomic E-state index is 13.9. The topological polar surface area (TPSA) is 85.3 Å². The molecule has 0 heterocycles. The van der Waals surface area contributed by atoms with Crippen LogP contribution in [0, 0.1) is 41.4 Å². The largest absolute Gasteiger partial charge is 0.497 e. The maximum absolute atomic E-state index is 13.9. The summed E-state index contributed by atoms with van der Waals surface area (Å²) in [6.45, 7) is 16.0. The molecular weight excluding hydrogens is 595 g/mol. The van der Waals surface area contributed by atoms with Gasteiger partial charge in [0.05, 0.1) is 26.2 Å². The predicted octanol–water partition coefficient (Wildman–Crippen LogP) is 7.75. The Hall–Kier alpha value is -2.26. The number of methoxy groups -OCH3 is 1. The molecule has 4 rings (SSSR count). The van der Waals surface area contributed by atoms with Crippen molar-refractivity contribution in [3.8, 4) is 5.75 Å². The Balaban J connectivity index is 1.46. The molecule has 1 fully saturated rings. The molecule has 1 saturated carbocycles. The number of rotatable bonds is 13. The zero-order chi connectivity index (χ0) is 33.6. The molecule has 0 aliphatic heterocycles. The summed E-state index contributed by atoms with van der Waals surface area (Å²) < 4.78 is 11.9. The van der Waals surface area contributed by atoms with Crippen LogP contribution in [0.5, 0.6) is 5.75 Å². The molecule has 46 heavy (non-hydrogen) atoms. The number of benzene rings is 1. The fourth-order valence-corrected chi connectivity index (χ4v) is 8.64. The molecule has 1 aromatic rings. The number of hydrogen-bond acceptors (Lipinski definition) is 6. The molecule has 3 aliphatic rings. The standard InChI is InChI=1S/C38H59NO6Si/c1-26-9-20-34-30(21-26)13-10-27(2)37(34)35(41)22-36(42)39(44-25-28-11-16-32(43-6)17-12-28)23-31(24-40)29-14-18-33(19-15-29)45-46(7,8)38(3,4)5/h10-14,16-18,26-27,29-31,33-34,37,40H,9,15,19-25H2,1-8H3/t26-,27-,29-,30-,31-,33-,34-,37-/m0/s1. The summed E-state index contributed by atoms with van der Waals surface area (Å²) in [5, 5.41) is 12.0. The first kappa shape index (κ1) is 36.6. The number of carbonyl (C=O) groups excluding carboxylic acids is 2. The van der Waals surface area contributed by atoms with E-state index in [0.29, 0.717) is 17.8 Å². The molecule has 0 saturated heterocycles. The van der Waals surface area contributed by atoms with Crippen molar-refractivity contribution in [2.24, 2.45) is 41.4 Å². The summed E-state index contributed by atoms with van der Waals surface area (Å²) >= 11 is 0. The first-order valence-electron chi connectivity index (χ1n) is 17.5. The average Bonchev–Trinajstić information content (AvgIpc) is 3.01. The lowest BCUT2D eigenvalue weighted by Crippen LogP contribution is -2.45. The number of ether oxygens (including phenoxy) is 1. The molecule has 0 aromatic heterocycles. The van der Waals surface area contributed by atoms with E-state index in [4.69, 9.17) is 14.0 Å². The monoisotopic (exact) mass is 653 g/mol. The van der Waals surface area contributed by atoms with Crippen molar-refractivity contribution in [3.05, 3.63) is 54.1 Å². The first-order valence-corrected chi connectivity index (χ1v) is 20.4. The van der Waals surface area contributed by atoms with Crippen LogP contribution >= 0.6 is 0 Å². The number of allylic oxidation sites excluding steroid dienone is 3. The summed E-state index contributed by atoms with van der Waals surface area (Å²) in [5.41, 5.74) is 0.888. The average molecular weight is 654 g/mol. The van der Waals surface area contributed by atoms with Gasteiger partial charge in [-0.3, -0.25) is 14.4 Å². The van der Waals surface area contributed by atoms with Gasteiger partial charge in [-0.15, -0.1) is 0 Å². The molecule has 3 aliphatic carbocycles. The number of hydrogen-bond donors (Lipinski definition) is 1. The summed E-state index contributed by atoms with van der Waals surface area (Å²) in [6, 6.07) is 7.53. The third-order valence-corrected chi connectivity index (χ3v) is 15.8. The fourth-order valence-electron chi connectivity index (χ4n) is 7.33. The van der Waals surface area contributed by atoms with Gasteiger partial charge in [-0.25, -0.2) is 5.06 Å². The minimum Gasteiger partial charge on any atom is -0.497 e. The summed E-state index contributed by atoms with van der Waals surface area (Å²) in [7, 11) is -0.284.